The Morgan fingerprint density at radius 2 is 1.51 bits per heavy atom. The van der Waals surface area contributed by atoms with E-state index in [1.54, 1.807) is 41.3 Å². The molecule has 1 aliphatic heterocycles. The van der Waals surface area contributed by atoms with E-state index in [1.807, 2.05) is 19.1 Å². The number of methoxy groups -OCH3 is 1. The van der Waals surface area contributed by atoms with Crippen LogP contribution in [0.25, 0.3) is 0 Å². The number of nitrogens with zero attached hydrogens (tertiary/aromatic N) is 3. The monoisotopic (exact) mass is 497 g/mol. The average Bonchev–Trinajstić information content (AvgIpc) is 2.88. The third kappa shape index (κ3) is 5.57. The topological polar surface area (TPSA) is 70.2 Å². The molecule has 1 fully saturated rings. The minimum Gasteiger partial charge on any atom is -0.497 e. The Balaban J connectivity index is 1.52. The molecule has 0 atom stereocenters. The van der Waals surface area contributed by atoms with E-state index in [-0.39, 0.29) is 23.2 Å². The fraction of sp³-hybridized carbons (Fsp3) is 0.269. The molecule has 0 unspecified atom stereocenters. The van der Waals surface area contributed by atoms with E-state index in [4.69, 9.17) is 4.74 Å². The number of hydrogen-bond donors (Lipinski definition) is 0. The second kappa shape index (κ2) is 10.4. The van der Waals surface area contributed by atoms with Crippen LogP contribution >= 0.6 is 0 Å². The van der Waals surface area contributed by atoms with E-state index in [2.05, 4.69) is 4.90 Å². The van der Waals surface area contributed by atoms with Gasteiger partial charge in [0.2, 0.25) is 5.91 Å². The van der Waals surface area contributed by atoms with Crippen LogP contribution < -0.4 is 13.9 Å². The molecule has 0 bridgehead atoms. The van der Waals surface area contributed by atoms with Crippen molar-refractivity contribution in [1.29, 1.82) is 0 Å². The largest absolute Gasteiger partial charge is 0.497 e. The fourth-order valence-electron chi connectivity index (χ4n) is 3.99. The number of rotatable bonds is 7. The van der Waals surface area contributed by atoms with Gasteiger partial charge in [-0.2, -0.15) is 0 Å². The molecular formula is C26H28FN3O4S. The lowest BCUT2D eigenvalue weighted by Gasteiger charge is -2.37. The van der Waals surface area contributed by atoms with Gasteiger partial charge in [0.25, 0.3) is 10.0 Å². The second-order valence-electron chi connectivity index (χ2n) is 8.37. The highest BCUT2D eigenvalue weighted by Crippen LogP contribution is 2.26. The first-order chi connectivity index (χ1) is 16.8. The summed E-state index contributed by atoms with van der Waals surface area (Å²) in [5.41, 5.74) is 2.30. The van der Waals surface area contributed by atoms with Crippen LogP contribution in [0.15, 0.2) is 77.7 Å². The summed E-state index contributed by atoms with van der Waals surface area (Å²) >= 11 is 0. The molecule has 4 rings (SSSR count). The van der Waals surface area contributed by atoms with Crippen molar-refractivity contribution in [3.63, 3.8) is 0 Å². The molecule has 0 N–H and O–H groups in total. The third-order valence-electron chi connectivity index (χ3n) is 6.07. The number of halogens is 1. The van der Waals surface area contributed by atoms with Crippen molar-refractivity contribution in [1.82, 2.24) is 4.90 Å². The van der Waals surface area contributed by atoms with Gasteiger partial charge in [0, 0.05) is 31.9 Å². The van der Waals surface area contributed by atoms with Gasteiger partial charge in [-0.05, 0) is 67.6 Å². The second-order valence-corrected chi connectivity index (χ2v) is 10.2. The Hall–Kier alpha value is -3.59. The maximum atomic E-state index is 13.6. The molecule has 1 aliphatic rings. The highest BCUT2D eigenvalue weighted by atomic mass is 32.2. The molecule has 3 aromatic carbocycles. The lowest BCUT2D eigenvalue weighted by Crippen LogP contribution is -2.52. The van der Waals surface area contributed by atoms with E-state index in [0.29, 0.717) is 37.6 Å². The van der Waals surface area contributed by atoms with Crippen molar-refractivity contribution in [2.45, 2.75) is 11.8 Å². The molecule has 9 heteroatoms. The standard InChI is InChI=1S/C26H28FN3O4S/c1-20-3-7-23(8-4-20)30(35(32,33)25-13-11-24(34-2)12-14-25)19-26(31)29-17-15-28(16-18-29)22-9-5-21(27)6-10-22/h3-14H,15-19H2,1-2H3. The van der Waals surface area contributed by atoms with Gasteiger partial charge in [0.1, 0.15) is 18.1 Å². The smallest absolute Gasteiger partial charge is 0.264 e. The molecular weight excluding hydrogens is 469 g/mol. The zero-order valence-electron chi connectivity index (χ0n) is 19.7. The highest BCUT2D eigenvalue weighted by molar-refractivity contribution is 7.92. The van der Waals surface area contributed by atoms with Gasteiger partial charge in [0.05, 0.1) is 17.7 Å². The molecule has 1 saturated heterocycles. The van der Waals surface area contributed by atoms with Crippen LogP contribution in [0.1, 0.15) is 5.56 Å². The Bertz CT molecular complexity index is 1260. The summed E-state index contributed by atoms with van der Waals surface area (Å²) in [6.45, 7) is 3.65. The summed E-state index contributed by atoms with van der Waals surface area (Å²) in [6.07, 6.45) is 0. The molecule has 0 saturated carbocycles. The SMILES string of the molecule is COc1ccc(S(=O)(=O)N(CC(=O)N2CCN(c3ccc(F)cc3)CC2)c2ccc(C)cc2)cc1. The number of carbonyl (C=O) groups excluding carboxylic acids is 1. The van der Waals surface area contributed by atoms with Crippen molar-refractivity contribution in [3.8, 4) is 5.75 Å². The van der Waals surface area contributed by atoms with Crippen LogP contribution in [0.5, 0.6) is 5.75 Å². The first-order valence-corrected chi connectivity index (χ1v) is 12.7. The highest BCUT2D eigenvalue weighted by Gasteiger charge is 2.30. The predicted octanol–water partition coefficient (Wildman–Crippen LogP) is 3.69. The number of amides is 1. The molecule has 0 spiro atoms. The maximum Gasteiger partial charge on any atom is 0.264 e. The van der Waals surface area contributed by atoms with Gasteiger partial charge >= 0.3 is 0 Å². The Morgan fingerprint density at radius 1 is 0.914 bits per heavy atom. The number of carbonyl (C=O) groups is 1. The lowest BCUT2D eigenvalue weighted by molar-refractivity contribution is -0.129. The summed E-state index contributed by atoms with van der Waals surface area (Å²) in [5.74, 6) is -0.0285. The third-order valence-corrected chi connectivity index (χ3v) is 7.86. The first kappa shape index (κ1) is 24.5. The van der Waals surface area contributed by atoms with Gasteiger partial charge in [-0.1, -0.05) is 17.7 Å². The summed E-state index contributed by atoms with van der Waals surface area (Å²) in [7, 11) is -2.49. The Morgan fingerprint density at radius 3 is 2.09 bits per heavy atom. The number of piperazine rings is 1. The van der Waals surface area contributed by atoms with Crippen molar-refractivity contribution in [2.75, 3.05) is 49.0 Å². The minimum atomic E-state index is -4.00. The van der Waals surface area contributed by atoms with Crippen LogP contribution in [0, 0.1) is 12.7 Å². The van der Waals surface area contributed by atoms with Crippen LogP contribution in [-0.4, -0.2) is 59.1 Å². The summed E-state index contributed by atoms with van der Waals surface area (Å²) in [6, 6.07) is 19.4. The van der Waals surface area contributed by atoms with E-state index < -0.39 is 10.0 Å². The quantitative estimate of drug-likeness (QED) is 0.498. The van der Waals surface area contributed by atoms with Crippen LogP contribution in [0.2, 0.25) is 0 Å². The molecule has 0 aromatic heterocycles. The van der Waals surface area contributed by atoms with Gasteiger partial charge in [-0.3, -0.25) is 9.10 Å². The Kier molecular flexibility index (Phi) is 7.25. The van der Waals surface area contributed by atoms with E-state index in [9.17, 15) is 17.6 Å². The molecule has 0 aliphatic carbocycles. The van der Waals surface area contributed by atoms with Crippen molar-refractivity contribution < 1.29 is 22.3 Å². The molecule has 0 radical (unpaired) electrons. The summed E-state index contributed by atoms with van der Waals surface area (Å²) in [4.78, 5) is 17.1. The molecule has 1 amide bonds. The average molecular weight is 498 g/mol. The number of anilines is 2. The zero-order chi connectivity index (χ0) is 25.0. The zero-order valence-corrected chi connectivity index (χ0v) is 20.5. The van der Waals surface area contributed by atoms with E-state index >= 15 is 0 Å². The van der Waals surface area contributed by atoms with Crippen LogP contribution in [0.3, 0.4) is 0 Å². The summed E-state index contributed by atoms with van der Waals surface area (Å²) < 4.78 is 46.7. The maximum absolute atomic E-state index is 13.6. The molecule has 184 valence electrons. The molecule has 7 nitrogen and oxygen atoms in total. The first-order valence-electron chi connectivity index (χ1n) is 11.3. The number of sulfonamides is 1. The van der Waals surface area contributed by atoms with E-state index in [0.717, 1.165) is 15.6 Å². The van der Waals surface area contributed by atoms with E-state index in [1.165, 1.54) is 31.4 Å². The van der Waals surface area contributed by atoms with Crippen molar-refractivity contribution in [2.24, 2.45) is 0 Å². The van der Waals surface area contributed by atoms with Crippen LogP contribution in [0.4, 0.5) is 15.8 Å². The number of hydrogen-bond acceptors (Lipinski definition) is 5. The normalized spacial score (nSPS) is 14.0. The molecule has 1 heterocycles. The van der Waals surface area contributed by atoms with Crippen LogP contribution in [-0.2, 0) is 14.8 Å². The van der Waals surface area contributed by atoms with Gasteiger partial charge in [0.15, 0.2) is 0 Å². The lowest BCUT2D eigenvalue weighted by atomic mass is 10.2. The number of aryl methyl sites for hydroxylation is 1. The van der Waals surface area contributed by atoms with Gasteiger partial charge in [-0.15, -0.1) is 0 Å². The Labute approximate surface area is 205 Å². The van der Waals surface area contributed by atoms with Gasteiger partial charge in [-0.25, -0.2) is 12.8 Å². The molecule has 35 heavy (non-hydrogen) atoms. The van der Waals surface area contributed by atoms with Crippen molar-refractivity contribution in [3.05, 3.63) is 84.2 Å². The fourth-order valence-corrected chi connectivity index (χ4v) is 5.40. The van der Waals surface area contributed by atoms with Crippen molar-refractivity contribution >= 4 is 27.3 Å². The summed E-state index contributed by atoms with van der Waals surface area (Å²) in [5, 5.41) is 0. The minimum absolute atomic E-state index is 0.0767. The number of benzene rings is 3. The number of ether oxygens (including phenoxy) is 1. The molecule has 3 aromatic rings. The van der Waals surface area contributed by atoms with Gasteiger partial charge < -0.3 is 14.5 Å². The predicted molar refractivity (Wildman–Crippen MR) is 134 cm³/mol.